The van der Waals surface area contributed by atoms with Crippen molar-refractivity contribution in [3.05, 3.63) is 29.3 Å². The summed E-state index contributed by atoms with van der Waals surface area (Å²) in [5, 5.41) is 0. The summed E-state index contributed by atoms with van der Waals surface area (Å²) in [5.41, 5.74) is 2.28. The van der Waals surface area contributed by atoms with Gasteiger partial charge in [-0.2, -0.15) is 0 Å². The average molecular weight is 232 g/mol. The molecule has 0 aromatic heterocycles. The molecule has 2 heteroatoms. The van der Waals surface area contributed by atoms with E-state index in [0.717, 1.165) is 31.3 Å². The van der Waals surface area contributed by atoms with Gasteiger partial charge in [-0.15, -0.1) is 0 Å². The van der Waals surface area contributed by atoms with E-state index in [1.807, 2.05) is 26.0 Å². The van der Waals surface area contributed by atoms with Gasteiger partial charge in [0, 0.05) is 11.0 Å². The zero-order valence-corrected chi connectivity index (χ0v) is 10.8. The Hall–Kier alpha value is -1.31. The molecule has 0 saturated heterocycles. The lowest BCUT2D eigenvalue weighted by molar-refractivity contribution is -0.115. The molecule has 0 bridgehead atoms. The second-order valence-electron chi connectivity index (χ2n) is 5.42. The molecule has 0 spiro atoms. The first-order valence-corrected chi connectivity index (χ1v) is 6.22. The van der Waals surface area contributed by atoms with Gasteiger partial charge in [0.2, 0.25) is 0 Å². The van der Waals surface area contributed by atoms with E-state index in [0.29, 0.717) is 0 Å². The molecule has 0 saturated carbocycles. The van der Waals surface area contributed by atoms with Gasteiger partial charge in [0.15, 0.2) is 0 Å². The van der Waals surface area contributed by atoms with Crippen LogP contribution in [0.15, 0.2) is 18.2 Å². The summed E-state index contributed by atoms with van der Waals surface area (Å²) in [6.45, 7) is 4.04. The van der Waals surface area contributed by atoms with Crippen molar-refractivity contribution in [3.8, 4) is 5.75 Å². The number of benzene rings is 1. The minimum atomic E-state index is -0.316. The lowest BCUT2D eigenvalue weighted by Crippen LogP contribution is -2.27. The van der Waals surface area contributed by atoms with Crippen molar-refractivity contribution in [1.82, 2.24) is 0 Å². The molecule has 0 N–H and O–H groups in total. The third kappa shape index (κ3) is 2.08. The van der Waals surface area contributed by atoms with E-state index in [4.69, 9.17) is 4.74 Å². The van der Waals surface area contributed by atoms with E-state index in [9.17, 15) is 4.79 Å². The number of hydrogen-bond acceptors (Lipinski definition) is 2. The van der Waals surface area contributed by atoms with E-state index in [1.165, 1.54) is 11.1 Å². The molecular weight excluding hydrogens is 212 g/mol. The van der Waals surface area contributed by atoms with Crippen LogP contribution in [-0.4, -0.2) is 13.4 Å². The maximum atomic E-state index is 11.3. The molecular formula is C15H20O2. The normalized spacial score (nSPS) is 19.6. The zero-order valence-electron chi connectivity index (χ0n) is 10.8. The Morgan fingerprint density at radius 1 is 1.41 bits per heavy atom. The van der Waals surface area contributed by atoms with Gasteiger partial charge in [-0.1, -0.05) is 26.0 Å². The van der Waals surface area contributed by atoms with Gasteiger partial charge in [-0.3, -0.25) is 0 Å². The summed E-state index contributed by atoms with van der Waals surface area (Å²) in [4.78, 5) is 11.3. The Balaban J connectivity index is 2.53. The van der Waals surface area contributed by atoms with Crippen molar-refractivity contribution in [2.75, 3.05) is 7.11 Å². The predicted molar refractivity (Wildman–Crippen MR) is 68.5 cm³/mol. The fourth-order valence-electron chi connectivity index (χ4n) is 2.85. The molecule has 0 aliphatic heterocycles. The summed E-state index contributed by atoms with van der Waals surface area (Å²) < 4.78 is 5.47. The number of ether oxygens (including phenoxy) is 1. The highest BCUT2D eigenvalue weighted by molar-refractivity contribution is 5.62. The number of carbonyl (C=O) groups excluding carboxylic acids is 1. The number of methoxy groups -OCH3 is 1. The van der Waals surface area contributed by atoms with Gasteiger partial charge in [0.1, 0.15) is 12.0 Å². The molecule has 0 fully saturated rings. The summed E-state index contributed by atoms with van der Waals surface area (Å²) >= 11 is 0. The smallest absolute Gasteiger partial charge is 0.126 e. The van der Waals surface area contributed by atoms with Crippen molar-refractivity contribution in [1.29, 1.82) is 0 Å². The van der Waals surface area contributed by atoms with Crippen LogP contribution in [0.5, 0.6) is 5.75 Å². The number of aryl methyl sites for hydroxylation is 1. The van der Waals surface area contributed by atoms with Crippen LogP contribution in [0.3, 0.4) is 0 Å². The van der Waals surface area contributed by atoms with Crippen LogP contribution >= 0.6 is 0 Å². The van der Waals surface area contributed by atoms with Crippen LogP contribution in [0.2, 0.25) is 0 Å². The molecule has 0 amide bonds. The Morgan fingerprint density at radius 3 is 2.82 bits per heavy atom. The monoisotopic (exact) mass is 232 g/mol. The maximum absolute atomic E-state index is 11.3. The largest absolute Gasteiger partial charge is 0.496 e. The summed E-state index contributed by atoms with van der Waals surface area (Å²) in [6, 6.07) is 6.19. The van der Waals surface area contributed by atoms with Gasteiger partial charge < -0.3 is 9.53 Å². The Kier molecular flexibility index (Phi) is 3.23. The highest BCUT2D eigenvalue weighted by Gasteiger charge is 2.35. The van der Waals surface area contributed by atoms with E-state index >= 15 is 0 Å². The van der Waals surface area contributed by atoms with Gasteiger partial charge in [0.05, 0.1) is 7.11 Å². The van der Waals surface area contributed by atoms with Gasteiger partial charge in [-0.05, 0) is 36.8 Å². The molecule has 2 rings (SSSR count). The highest BCUT2D eigenvalue weighted by Crippen LogP contribution is 2.46. The molecule has 1 aliphatic carbocycles. The van der Waals surface area contributed by atoms with Crippen LogP contribution in [0.1, 0.15) is 43.7 Å². The summed E-state index contributed by atoms with van der Waals surface area (Å²) in [5.74, 6) is 1.21. The predicted octanol–water partition coefficient (Wildman–Crippen LogP) is 3.34. The van der Waals surface area contributed by atoms with Crippen molar-refractivity contribution >= 4 is 6.29 Å². The van der Waals surface area contributed by atoms with Crippen LogP contribution in [0.25, 0.3) is 0 Å². The van der Waals surface area contributed by atoms with Gasteiger partial charge in [0.25, 0.3) is 0 Å². The topological polar surface area (TPSA) is 26.3 Å². The Labute approximate surface area is 103 Å². The lowest BCUT2D eigenvalue weighted by Gasteiger charge is -2.35. The highest BCUT2D eigenvalue weighted by atomic mass is 16.5. The van der Waals surface area contributed by atoms with E-state index < -0.39 is 0 Å². The Bertz CT molecular complexity index is 407. The zero-order chi connectivity index (χ0) is 12.5. The van der Waals surface area contributed by atoms with Crippen LogP contribution in [-0.2, 0) is 11.2 Å². The first-order chi connectivity index (χ1) is 8.10. The molecule has 1 atom stereocenters. The summed E-state index contributed by atoms with van der Waals surface area (Å²) in [6.07, 6.45) is 4.40. The second kappa shape index (κ2) is 4.52. The fraction of sp³-hybridized carbons (Fsp3) is 0.533. The quantitative estimate of drug-likeness (QED) is 0.747. The molecule has 92 valence electrons. The third-order valence-corrected chi connectivity index (χ3v) is 3.87. The number of hydrogen-bond donors (Lipinski definition) is 0. The number of carbonyl (C=O) groups is 1. The second-order valence-corrected chi connectivity index (χ2v) is 5.42. The van der Waals surface area contributed by atoms with Crippen LogP contribution in [0, 0.1) is 5.41 Å². The minimum absolute atomic E-state index is 0.278. The van der Waals surface area contributed by atoms with E-state index in [-0.39, 0.29) is 11.3 Å². The maximum Gasteiger partial charge on any atom is 0.126 e. The molecule has 17 heavy (non-hydrogen) atoms. The SMILES string of the molecule is COc1cccc2c1C(C(C)(C)C=O)CCC2. The average Bonchev–Trinajstić information content (AvgIpc) is 2.37. The van der Waals surface area contributed by atoms with Crippen molar-refractivity contribution in [2.24, 2.45) is 5.41 Å². The summed E-state index contributed by atoms with van der Waals surface area (Å²) in [7, 11) is 1.70. The van der Waals surface area contributed by atoms with Crippen LogP contribution < -0.4 is 4.74 Å². The first kappa shape index (κ1) is 12.2. The molecule has 1 aromatic rings. The lowest BCUT2D eigenvalue weighted by atomic mass is 9.69. The molecule has 1 aliphatic rings. The van der Waals surface area contributed by atoms with Gasteiger partial charge in [-0.25, -0.2) is 0 Å². The third-order valence-electron chi connectivity index (χ3n) is 3.87. The minimum Gasteiger partial charge on any atom is -0.496 e. The standard InChI is InChI=1S/C15H20O2/c1-15(2,10-16)12-8-4-6-11-7-5-9-13(17-3)14(11)12/h5,7,9-10,12H,4,6,8H2,1-3H3. The molecule has 1 aromatic carbocycles. The van der Waals surface area contributed by atoms with Crippen molar-refractivity contribution in [3.63, 3.8) is 0 Å². The number of fused-ring (bicyclic) bond motifs is 1. The number of rotatable bonds is 3. The molecule has 1 unspecified atom stereocenters. The van der Waals surface area contributed by atoms with E-state index in [1.54, 1.807) is 7.11 Å². The number of aldehydes is 1. The molecule has 2 nitrogen and oxygen atoms in total. The Morgan fingerprint density at radius 2 is 2.18 bits per heavy atom. The molecule has 0 radical (unpaired) electrons. The van der Waals surface area contributed by atoms with Crippen molar-refractivity contribution in [2.45, 2.75) is 39.0 Å². The van der Waals surface area contributed by atoms with Crippen molar-refractivity contribution < 1.29 is 9.53 Å². The van der Waals surface area contributed by atoms with E-state index in [2.05, 4.69) is 6.07 Å². The van der Waals surface area contributed by atoms with Gasteiger partial charge >= 0.3 is 0 Å². The fourth-order valence-corrected chi connectivity index (χ4v) is 2.85. The molecule has 0 heterocycles. The van der Waals surface area contributed by atoms with Crippen LogP contribution in [0.4, 0.5) is 0 Å². The first-order valence-electron chi connectivity index (χ1n) is 6.22.